The molecule has 3 aromatic carbocycles. The van der Waals surface area contributed by atoms with Gasteiger partial charge in [0.1, 0.15) is 16.7 Å². The number of nitrogens with one attached hydrogen (secondary N) is 1. The number of ether oxygens (including phenoxy) is 4. The molecule has 0 bridgehead atoms. The number of allylic oxidation sites excluding steroid dienone is 4. The smallest absolute Gasteiger partial charge is 0.333 e. The third-order valence-electron chi connectivity index (χ3n) is 13.8. The number of hydrogen-bond donors (Lipinski definition) is 1. The number of imide groups is 1. The highest BCUT2D eigenvalue weighted by Gasteiger charge is 2.51. The maximum absolute atomic E-state index is 13.1. The summed E-state index contributed by atoms with van der Waals surface area (Å²) in [7, 11) is -5.27. The van der Waals surface area contributed by atoms with E-state index < -0.39 is 43.3 Å². The van der Waals surface area contributed by atoms with E-state index in [1.165, 1.54) is 17.7 Å². The minimum Gasteiger partial charge on any atom is -0.744 e. The van der Waals surface area contributed by atoms with Gasteiger partial charge in [-0.05, 0) is 90.9 Å². The lowest BCUT2D eigenvalue weighted by Gasteiger charge is -2.32. The number of rotatable bonds is 25. The molecule has 0 radical (unpaired) electrons. The summed E-state index contributed by atoms with van der Waals surface area (Å²) >= 11 is 0. The second kappa shape index (κ2) is 23.6. The molecule has 1 spiro atoms. The molecule has 0 aromatic heterocycles. The average molecular weight is 1020 g/mol. The number of carbonyl (C=O) groups is 3. The van der Waals surface area contributed by atoms with Gasteiger partial charge in [0, 0.05) is 81.1 Å². The monoisotopic (exact) mass is 1020 g/mol. The fourth-order valence-electron chi connectivity index (χ4n) is 10.1. The lowest BCUT2D eigenvalue weighted by Crippen LogP contribution is -2.37. The first-order valence-corrected chi connectivity index (χ1v) is 27.3. The van der Waals surface area contributed by atoms with Gasteiger partial charge in [-0.25, -0.2) is 26.4 Å². The van der Waals surface area contributed by atoms with Crippen molar-refractivity contribution in [2.24, 2.45) is 0 Å². The van der Waals surface area contributed by atoms with Crippen LogP contribution in [0.5, 0.6) is 0 Å². The summed E-state index contributed by atoms with van der Waals surface area (Å²) in [6.45, 7) is 7.66. The summed E-state index contributed by atoms with van der Waals surface area (Å²) in [4.78, 5) is 43.5. The first-order valence-electron chi connectivity index (χ1n) is 24.4. The number of fused-ring (bicyclic) bond motifs is 3. The molecule has 3 heterocycles. The van der Waals surface area contributed by atoms with E-state index in [1.807, 2.05) is 26.0 Å². The number of unbranched alkanes of at least 4 members (excludes halogenated alkanes) is 2. The summed E-state index contributed by atoms with van der Waals surface area (Å²) in [6, 6.07) is 17.9. The van der Waals surface area contributed by atoms with E-state index >= 15 is 0 Å². The van der Waals surface area contributed by atoms with Gasteiger partial charge in [-0.3, -0.25) is 9.59 Å². The Morgan fingerprint density at radius 3 is 2.11 bits per heavy atom. The van der Waals surface area contributed by atoms with Crippen LogP contribution in [-0.2, 0) is 69.1 Å². The molecule has 19 heteroatoms. The van der Waals surface area contributed by atoms with E-state index in [0.717, 1.165) is 66.0 Å². The van der Waals surface area contributed by atoms with Crippen LogP contribution in [0.2, 0.25) is 0 Å². The van der Waals surface area contributed by atoms with E-state index in [4.69, 9.17) is 23.8 Å². The van der Waals surface area contributed by atoms with Crippen molar-refractivity contribution in [2.45, 2.75) is 105 Å². The van der Waals surface area contributed by atoms with Gasteiger partial charge in [-0.1, -0.05) is 57.7 Å². The van der Waals surface area contributed by atoms with Crippen LogP contribution in [0.3, 0.4) is 0 Å². The number of methoxy groups -OCH3 is 2. The Bertz CT molecular complexity index is 2730. The number of hydrogen-bond acceptors (Lipinski definition) is 14. The fourth-order valence-corrected chi connectivity index (χ4v) is 11.6. The Kier molecular flexibility index (Phi) is 17.9. The number of hydroxylamine groups is 2. The maximum Gasteiger partial charge on any atom is 0.333 e. The zero-order valence-electron chi connectivity index (χ0n) is 41.1. The molecule has 2 amide bonds. The van der Waals surface area contributed by atoms with Crippen LogP contribution in [0, 0.1) is 0 Å². The van der Waals surface area contributed by atoms with Crippen LogP contribution < -0.4 is 9.62 Å². The minimum atomic E-state index is -4.73. The van der Waals surface area contributed by atoms with Crippen LogP contribution >= 0.6 is 0 Å². The van der Waals surface area contributed by atoms with Crippen LogP contribution in [-0.4, -0.2) is 128 Å². The Morgan fingerprint density at radius 2 is 1.44 bits per heavy atom. The normalized spacial score (nSPS) is 18.1. The minimum absolute atomic E-state index is 0.0197. The van der Waals surface area contributed by atoms with E-state index in [9.17, 15) is 35.8 Å². The van der Waals surface area contributed by atoms with Crippen molar-refractivity contribution in [3.8, 4) is 11.1 Å². The van der Waals surface area contributed by atoms with Gasteiger partial charge < -0.3 is 33.2 Å². The quantitative estimate of drug-likeness (QED) is 0.0412. The molecule has 384 valence electrons. The summed E-state index contributed by atoms with van der Waals surface area (Å²) in [5.41, 5.74) is 6.62. The highest BCUT2D eigenvalue weighted by atomic mass is 32.2. The van der Waals surface area contributed by atoms with Crippen LogP contribution in [0.4, 0.5) is 11.4 Å². The van der Waals surface area contributed by atoms with Crippen molar-refractivity contribution in [2.75, 3.05) is 78.4 Å². The molecule has 4 aliphatic rings. The van der Waals surface area contributed by atoms with Crippen molar-refractivity contribution in [1.82, 2.24) is 9.79 Å². The molecule has 71 heavy (non-hydrogen) atoms. The number of anilines is 1. The van der Waals surface area contributed by atoms with Crippen LogP contribution in [0.1, 0.15) is 95.6 Å². The van der Waals surface area contributed by atoms with Crippen LogP contribution in [0.15, 0.2) is 94.4 Å². The molecule has 0 unspecified atom stereocenters. The van der Waals surface area contributed by atoms with E-state index in [1.54, 1.807) is 32.4 Å². The highest BCUT2D eigenvalue weighted by molar-refractivity contribution is 7.89. The molecular weight excluding hydrogens is 953 g/mol. The average Bonchev–Trinajstić information content (AvgIpc) is 3.87. The van der Waals surface area contributed by atoms with Crippen molar-refractivity contribution >= 4 is 55.0 Å². The summed E-state index contributed by atoms with van der Waals surface area (Å²) < 4.78 is 89.7. The predicted octanol–water partition coefficient (Wildman–Crippen LogP) is 6.57. The van der Waals surface area contributed by atoms with Crippen molar-refractivity contribution in [3.63, 3.8) is 0 Å². The van der Waals surface area contributed by atoms with Crippen molar-refractivity contribution in [1.29, 1.82) is 0 Å². The second-order valence-corrected chi connectivity index (χ2v) is 21.9. The van der Waals surface area contributed by atoms with E-state index in [2.05, 4.69) is 50.6 Å². The molecule has 1 aliphatic carbocycles. The molecule has 7 rings (SSSR count). The third kappa shape index (κ3) is 12.4. The first kappa shape index (κ1) is 53.7. The molecular formula is C52H66N4O13S2. The third-order valence-corrected chi connectivity index (χ3v) is 16.1. The Hall–Kier alpha value is -5.12. The lowest BCUT2D eigenvalue weighted by molar-refractivity contribution is -0.442. The zero-order chi connectivity index (χ0) is 50.8. The molecule has 1 N–H and O–H groups in total. The van der Waals surface area contributed by atoms with Gasteiger partial charge in [0.15, 0.2) is 12.3 Å². The molecule has 0 atom stereocenters. The van der Waals surface area contributed by atoms with Gasteiger partial charge in [0.05, 0.1) is 48.2 Å². The maximum atomic E-state index is 13.1. The highest BCUT2D eigenvalue weighted by Crippen LogP contribution is 2.51. The van der Waals surface area contributed by atoms with E-state index in [-0.39, 0.29) is 47.6 Å². The lowest BCUT2D eigenvalue weighted by atomic mass is 9.67. The van der Waals surface area contributed by atoms with Gasteiger partial charge in [-0.15, -0.1) is 5.06 Å². The standard InChI is InChI=1S/C52H66N4O13S2/c1-51(2)42-37-41(71(62,63)64)20-22-44(42)54(28-10-5-7-14-50(59)69-56-48(57)23-24-49(56)58)46(51)12-11-13-47-52(25-8-6-9-26-52)43-36-39(17-21-45(43)55(47)29-31-68-35-33-66-4)38-15-18-40(19-16-38)70(60,61)53-27-30-67-34-32-65-3/h11-13,15-22,36-37,53H,5-10,14,23-35H2,1-4H3. The number of amides is 2. The Labute approximate surface area is 417 Å². The van der Waals surface area contributed by atoms with Crippen LogP contribution in [0.25, 0.3) is 11.1 Å². The molecule has 3 aliphatic heterocycles. The number of benzene rings is 3. The summed E-state index contributed by atoms with van der Waals surface area (Å²) in [5.74, 6) is -1.71. The summed E-state index contributed by atoms with van der Waals surface area (Å²) in [6.07, 6.45) is 13.1. The first-order chi connectivity index (χ1) is 34.0. The number of carbonyl (C=O) groups excluding carboxylic acids is 3. The topological polar surface area (TPSA) is 210 Å². The Balaban J connectivity index is 1.17. The molecule has 2 fully saturated rings. The van der Waals surface area contributed by atoms with Gasteiger partial charge in [0.2, 0.25) is 15.7 Å². The van der Waals surface area contributed by atoms with Gasteiger partial charge >= 0.3 is 5.97 Å². The Morgan fingerprint density at radius 1 is 0.775 bits per heavy atom. The van der Waals surface area contributed by atoms with Crippen molar-refractivity contribution in [3.05, 3.63) is 95.7 Å². The predicted molar refractivity (Wildman–Crippen MR) is 265 cm³/mol. The van der Waals surface area contributed by atoms with Gasteiger partial charge in [0.25, 0.3) is 11.8 Å². The molecule has 1 saturated carbocycles. The SMILES string of the molecule is COCCOCCNS(=O)(=O)c1ccc(-c2ccc3c(c2)C2(CCCCC2)C(C=CC=C2N(CCCCCC(=O)ON4C(=O)CCC4=O)c4ccc(S(=O)(=O)[O-])cc4C2(C)C)=[N+]3CCOCCOC)cc1. The fraction of sp³-hybridized carbons (Fsp3) is 0.500. The molecule has 1 saturated heterocycles. The second-order valence-electron chi connectivity index (χ2n) is 18.7. The molecule has 3 aromatic rings. The zero-order valence-corrected chi connectivity index (χ0v) is 42.7. The van der Waals surface area contributed by atoms with E-state index in [0.29, 0.717) is 76.0 Å². The largest absolute Gasteiger partial charge is 0.744 e. The summed E-state index contributed by atoms with van der Waals surface area (Å²) in [5, 5.41) is 0.556. The van der Waals surface area contributed by atoms with Gasteiger partial charge in [-0.2, -0.15) is 4.58 Å². The molecule has 17 nitrogen and oxygen atoms in total. The van der Waals surface area contributed by atoms with Crippen molar-refractivity contribution < 1.29 is 64.1 Å². The number of nitrogens with zero attached hydrogens (tertiary/aromatic N) is 3. The number of sulfonamides is 1.